The average Bonchev–Trinajstić information content (AvgIpc) is 3.14. The van der Waals surface area contributed by atoms with Crippen LogP contribution in [0.1, 0.15) is 30.9 Å². The third-order valence-corrected chi connectivity index (χ3v) is 5.37. The molecule has 0 aromatic heterocycles. The van der Waals surface area contributed by atoms with Gasteiger partial charge in [0, 0.05) is 37.3 Å². The molecule has 1 amide bonds. The summed E-state index contributed by atoms with van der Waals surface area (Å²) in [6.07, 6.45) is 3.38. The molecule has 7 heteroatoms. The van der Waals surface area contributed by atoms with Gasteiger partial charge >= 0.3 is 0 Å². The fraction of sp³-hybridized carbons (Fsp3) is 0.588. The number of likely N-dealkylation sites (tertiary alicyclic amines) is 1. The molecular formula is C17H24ClFN4O. The van der Waals surface area contributed by atoms with Crippen LogP contribution >= 0.6 is 12.4 Å². The van der Waals surface area contributed by atoms with Crippen molar-refractivity contribution in [3.8, 4) is 0 Å². The van der Waals surface area contributed by atoms with Crippen molar-refractivity contribution < 1.29 is 9.18 Å². The predicted molar refractivity (Wildman–Crippen MR) is 92.2 cm³/mol. The minimum absolute atomic E-state index is 0. The van der Waals surface area contributed by atoms with Gasteiger partial charge in [-0.2, -0.15) is 0 Å². The van der Waals surface area contributed by atoms with Gasteiger partial charge in [-0.15, -0.1) is 12.4 Å². The van der Waals surface area contributed by atoms with Gasteiger partial charge in [0.1, 0.15) is 5.82 Å². The summed E-state index contributed by atoms with van der Waals surface area (Å²) >= 11 is 0. The number of carbonyl (C=O) groups is 1. The highest BCUT2D eigenvalue weighted by atomic mass is 35.5. The number of nitrogens with zero attached hydrogens (tertiary/aromatic N) is 1. The second-order valence-electron chi connectivity index (χ2n) is 6.84. The van der Waals surface area contributed by atoms with Crippen LogP contribution in [0.4, 0.5) is 4.39 Å². The van der Waals surface area contributed by atoms with Gasteiger partial charge in [0.2, 0.25) is 5.91 Å². The maximum absolute atomic E-state index is 14.1. The van der Waals surface area contributed by atoms with Gasteiger partial charge in [-0.25, -0.2) is 9.82 Å². The Hall–Kier alpha value is -1.21. The molecule has 24 heavy (non-hydrogen) atoms. The van der Waals surface area contributed by atoms with Crippen molar-refractivity contribution in [2.45, 2.75) is 37.4 Å². The number of amides is 1. The highest BCUT2D eigenvalue weighted by Gasteiger charge is 2.39. The number of rotatable bonds is 2. The lowest BCUT2D eigenvalue weighted by Gasteiger charge is -2.29. The molecular weight excluding hydrogens is 331 g/mol. The van der Waals surface area contributed by atoms with Gasteiger partial charge in [0.05, 0.1) is 12.0 Å². The van der Waals surface area contributed by atoms with E-state index in [1.165, 1.54) is 12.5 Å². The Bertz CT molecular complexity index is 602. The van der Waals surface area contributed by atoms with Gasteiger partial charge in [0.15, 0.2) is 0 Å². The molecule has 3 aliphatic rings. The summed E-state index contributed by atoms with van der Waals surface area (Å²) in [4.78, 5) is 15.0. The Morgan fingerprint density at radius 2 is 1.96 bits per heavy atom. The van der Waals surface area contributed by atoms with Crippen molar-refractivity contribution in [1.82, 2.24) is 21.1 Å². The molecule has 3 saturated heterocycles. The van der Waals surface area contributed by atoms with Crippen molar-refractivity contribution >= 4 is 18.3 Å². The fourth-order valence-corrected chi connectivity index (χ4v) is 4.13. The first-order valence-corrected chi connectivity index (χ1v) is 8.50. The average molecular weight is 355 g/mol. The van der Waals surface area contributed by atoms with E-state index in [9.17, 15) is 9.18 Å². The van der Waals surface area contributed by atoms with Gasteiger partial charge < -0.3 is 10.2 Å². The van der Waals surface area contributed by atoms with Gasteiger partial charge in [-0.3, -0.25) is 10.2 Å². The number of carbonyl (C=O) groups excluding carboxylic acids is 1. The maximum atomic E-state index is 14.1. The largest absolute Gasteiger partial charge is 0.341 e. The van der Waals surface area contributed by atoms with E-state index in [4.69, 9.17) is 0 Å². The number of fused-ring (bicyclic) bond motifs is 2. The van der Waals surface area contributed by atoms with Crippen molar-refractivity contribution in [2.75, 3.05) is 19.6 Å². The molecule has 4 atom stereocenters. The molecule has 1 aromatic carbocycles. The Labute approximate surface area is 147 Å². The third-order valence-electron chi connectivity index (χ3n) is 5.37. The van der Waals surface area contributed by atoms with Crippen LogP contribution in [0.3, 0.4) is 0 Å². The highest BCUT2D eigenvalue weighted by molar-refractivity contribution is 5.85. The van der Waals surface area contributed by atoms with E-state index in [-0.39, 0.29) is 36.1 Å². The molecule has 4 rings (SSSR count). The molecule has 0 spiro atoms. The Morgan fingerprint density at radius 3 is 2.79 bits per heavy atom. The predicted octanol–water partition coefficient (Wildman–Crippen LogP) is 1.37. The van der Waals surface area contributed by atoms with E-state index in [0.29, 0.717) is 24.2 Å². The van der Waals surface area contributed by atoms with E-state index < -0.39 is 0 Å². The van der Waals surface area contributed by atoms with Gasteiger partial charge in [-0.05, 0) is 25.3 Å². The molecule has 0 aliphatic carbocycles. The molecule has 2 bridgehead atoms. The molecule has 4 unspecified atom stereocenters. The second kappa shape index (κ2) is 7.35. The summed E-state index contributed by atoms with van der Waals surface area (Å²) in [5.41, 5.74) is 6.68. The summed E-state index contributed by atoms with van der Waals surface area (Å²) in [5.74, 6) is -0.392. The van der Waals surface area contributed by atoms with Crippen LogP contribution in [0.15, 0.2) is 24.3 Å². The van der Waals surface area contributed by atoms with E-state index in [1.807, 2.05) is 11.0 Å². The van der Waals surface area contributed by atoms with E-state index in [2.05, 4.69) is 16.2 Å². The quantitative estimate of drug-likeness (QED) is 0.750. The fourth-order valence-electron chi connectivity index (χ4n) is 4.13. The molecule has 0 radical (unpaired) electrons. The number of benzene rings is 1. The van der Waals surface area contributed by atoms with Crippen LogP contribution in [-0.4, -0.2) is 42.5 Å². The number of hydrazine groups is 1. The summed E-state index contributed by atoms with van der Waals surface area (Å²) in [6, 6.07) is 7.36. The number of hydrogen-bond acceptors (Lipinski definition) is 4. The van der Waals surface area contributed by atoms with Gasteiger partial charge in [0.25, 0.3) is 0 Å². The smallest absolute Gasteiger partial charge is 0.229 e. The summed E-state index contributed by atoms with van der Waals surface area (Å²) in [6.45, 7) is 2.11. The number of hydrogen-bond donors (Lipinski definition) is 3. The van der Waals surface area contributed by atoms with Crippen molar-refractivity contribution in [2.24, 2.45) is 5.92 Å². The van der Waals surface area contributed by atoms with Crippen LogP contribution in [0.25, 0.3) is 0 Å². The summed E-state index contributed by atoms with van der Waals surface area (Å²) < 4.78 is 14.1. The Balaban J connectivity index is 0.00000169. The molecule has 0 saturated carbocycles. The normalized spacial score (nSPS) is 32.3. The first kappa shape index (κ1) is 17.6. The third kappa shape index (κ3) is 3.28. The van der Waals surface area contributed by atoms with E-state index >= 15 is 0 Å². The maximum Gasteiger partial charge on any atom is 0.229 e. The lowest BCUT2D eigenvalue weighted by atomic mass is 9.93. The van der Waals surface area contributed by atoms with Crippen LogP contribution in [0.5, 0.6) is 0 Å². The van der Waals surface area contributed by atoms with Crippen LogP contribution in [0, 0.1) is 11.7 Å². The molecule has 3 fully saturated rings. The minimum Gasteiger partial charge on any atom is -0.341 e. The van der Waals surface area contributed by atoms with E-state index in [0.717, 1.165) is 25.9 Å². The van der Waals surface area contributed by atoms with Crippen molar-refractivity contribution in [3.05, 3.63) is 35.6 Å². The highest BCUT2D eigenvalue weighted by Crippen LogP contribution is 2.30. The van der Waals surface area contributed by atoms with Crippen LogP contribution in [-0.2, 0) is 4.79 Å². The zero-order chi connectivity index (χ0) is 15.8. The SMILES string of the molecule is Cl.O=C(C1CNNC1c1ccccc1F)N1CCC2CCC(C1)N2. The first-order valence-electron chi connectivity index (χ1n) is 8.50. The van der Waals surface area contributed by atoms with Crippen LogP contribution in [0.2, 0.25) is 0 Å². The van der Waals surface area contributed by atoms with Gasteiger partial charge in [-0.1, -0.05) is 18.2 Å². The Morgan fingerprint density at radius 1 is 1.17 bits per heavy atom. The molecule has 5 nitrogen and oxygen atoms in total. The minimum atomic E-state index is -0.308. The van der Waals surface area contributed by atoms with Crippen molar-refractivity contribution in [1.29, 1.82) is 0 Å². The topological polar surface area (TPSA) is 56.4 Å². The summed E-state index contributed by atoms with van der Waals surface area (Å²) in [7, 11) is 0. The molecule has 1 aromatic rings. The molecule has 3 heterocycles. The lowest BCUT2D eigenvalue weighted by molar-refractivity contribution is -0.135. The lowest BCUT2D eigenvalue weighted by Crippen LogP contribution is -2.43. The van der Waals surface area contributed by atoms with Crippen molar-refractivity contribution in [3.63, 3.8) is 0 Å². The zero-order valence-electron chi connectivity index (χ0n) is 13.5. The number of halogens is 2. The summed E-state index contributed by atoms with van der Waals surface area (Å²) in [5, 5.41) is 3.60. The Kier molecular flexibility index (Phi) is 5.39. The number of nitrogens with one attached hydrogen (secondary N) is 3. The standard InChI is InChI=1S/C17H23FN4O.ClH/c18-15-4-2-1-3-13(15)16-14(9-19-21-16)17(23)22-8-7-11-5-6-12(10-22)20-11;/h1-4,11-12,14,16,19-21H,5-10H2;1H. The second-order valence-corrected chi connectivity index (χ2v) is 6.84. The first-order chi connectivity index (χ1) is 11.2. The molecule has 132 valence electrons. The monoisotopic (exact) mass is 354 g/mol. The molecule has 3 aliphatic heterocycles. The zero-order valence-corrected chi connectivity index (χ0v) is 14.3. The molecule has 3 N–H and O–H groups in total. The van der Waals surface area contributed by atoms with E-state index in [1.54, 1.807) is 12.1 Å². The van der Waals surface area contributed by atoms with Crippen LogP contribution < -0.4 is 16.2 Å².